The molecule has 1 aromatic heterocycles. The Morgan fingerprint density at radius 2 is 1.81 bits per heavy atom. The SMILES string of the molecule is Clc1ccc(Cl)c(C(Br)c2ccc(Cl)s2)c1. The molecule has 84 valence electrons. The molecule has 2 rings (SSSR count). The van der Waals surface area contributed by atoms with Crippen LogP contribution in [0.3, 0.4) is 0 Å². The van der Waals surface area contributed by atoms with E-state index in [0.717, 1.165) is 14.8 Å². The third-order valence-electron chi connectivity index (χ3n) is 2.07. The molecular weight excluding hydrogens is 350 g/mol. The first kappa shape index (κ1) is 12.7. The van der Waals surface area contributed by atoms with Crippen LogP contribution in [0.15, 0.2) is 30.3 Å². The van der Waals surface area contributed by atoms with E-state index < -0.39 is 0 Å². The smallest absolute Gasteiger partial charge is 0.0931 e. The van der Waals surface area contributed by atoms with Crippen molar-refractivity contribution in [3.63, 3.8) is 0 Å². The van der Waals surface area contributed by atoms with E-state index in [4.69, 9.17) is 34.8 Å². The van der Waals surface area contributed by atoms with E-state index in [1.165, 1.54) is 11.3 Å². The van der Waals surface area contributed by atoms with Gasteiger partial charge in [-0.25, -0.2) is 0 Å². The van der Waals surface area contributed by atoms with Gasteiger partial charge in [0.2, 0.25) is 0 Å². The molecule has 0 bridgehead atoms. The van der Waals surface area contributed by atoms with Crippen LogP contribution in [0.5, 0.6) is 0 Å². The van der Waals surface area contributed by atoms with E-state index in [1.807, 2.05) is 18.2 Å². The molecule has 1 unspecified atom stereocenters. The van der Waals surface area contributed by atoms with E-state index in [1.54, 1.807) is 12.1 Å². The largest absolute Gasteiger partial charge is 0.127 e. The van der Waals surface area contributed by atoms with Crippen LogP contribution in [0.4, 0.5) is 0 Å². The molecule has 0 nitrogen and oxygen atoms in total. The number of hydrogen-bond acceptors (Lipinski definition) is 1. The predicted octanol–water partition coefficient (Wildman–Crippen LogP) is 6.19. The summed E-state index contributed by atoms with van der Waals surface area (Å²) in [5.74, 6) is 0. The first-order chi connectivity index (χ1) is 7.58. The molecule has 0 saturated heterocycles. The van der Waals surface area contributed by atoms with Crippen molar-refractivity contribution in [1.82, 2.24) is 0 Å². The van der Waals surface area contributed by atoms with Crippen molar-refractivity contribution in [1.29, 1.82) is 0 Å². The molecule has 0 N–H and O–H groups in total. The lowest BCUT2D eigenvalue weighted by Gasteiger charge is -2.10. The number of alkyl halides is 1. The highest BCUT2D eigenvalue weighted by Crippen LogP contribution is 2.40. The van der Waals surface area contributed by atoms with Crippen LogP contribution < -0.4 is 0 Å². The molecule has 0 spiro atoms. The highest BCUT2D eigenvalue weighted by atomic mass is 79.9. The fraction of sp³-hybridized carbons (Fsp3) is 0.0909. The Morgan fingerprint density at radius 3 is 2.44 bits per heavy atom. The fourth-order valence-corrected chi connectivity index (χ4v) is 3.74. The second-order valence-electron chi connectivity index (χ2n) is 3.17. The Labute approximate surface area is 121 Å². The van der Waals surface area contributed by atoms with Crippen molar-refractivity contribution in [2.24, 2.45) is 0 Å². The van der Waals surface area contributed by atoms with Crippen molar-refractivity contribution in [2.75, 3.05) is 0 Å². The van der Waals surface area contributed by atoms with E-state index in [2.05, 4.69) is 15.9 Å². The normalized spacial score (nSPS) is 12.8. The van der Waals surface area contributed by atoms with Crippen molar-refractivity contribution < 1.29 is 0 Å². The van der Waals surface area contributed by atoms with Gasteiger partial charge in [0, 0.05) is 14.9 Å². The van der Waals surface area contributed by atoms with Gasteiger partial charge in [-0.15, -0.1) is 11.3 Å². The van der Waals surface area contributed by atoms with Gasteiger partial charge in [-0.1, -0.05) is 50.7 Å². The molecule has 0 aliphatic heterocycles. The number of hydrogen-bond donors (Lipinski definition) is 0. The third-order valence-corrected chi connectivity index (χ3v) is 5.24. The van der Waals surface area contributed by atoms with E-state index in [0.29, 0.717) is 10.0 Å². The molecule has 0 aliphatic rings. The third kappa shape index (κ3) is 2.74. The summed E-state index contributed by atoms with van der Waals surface area (Å²) in [6, 6.07) is 9.27. The summed E-state index contributed by atoms with van der Waals surface area (Å²) in [5, 5.41) is 1.36. The van der Waals surface area contributed by atoms with Gasteiger partial charge in [0.25, 0.3) is 0 Å². The highest BCUT2D eigenvalue weighted by Gasteiger charge is 2.16. The summed E-state index contributed by atoms with van der Waals surface area (Å²) >= 11 is 23.1. The minimum absolute atomic E-state index is 0.0243. The van der Waals surface area contributed by atoms with Crippen LogP contribution in [-0.4, -0.2) is 0 Å². The summed E-state index contributed by atoms with van der Waals surface area (Å²) in [7, 11) is 0. The van der Waals surface area contributed by atoms with E-state index in [-0.39, 0.29) is 4.83 Å². The van der Waals surface area contributed by atoms with Crippen LogP contribution in [0.2, 0.25) is 14.4 Å². The van der Waals surface area contributed by atoms with Crippen molar-refractivity contribution >= 4 is 62.1 Å². The van der Waals surface area contributed by atoms with Gasteiger partial charge in [-0.2, -0.15) is 0 Å². The monoisotopic (exact) mass is 354 g/mol. The van der Waals surface area contributed by atoms with E-state index in [9.17, 15) is 0 Å². The molecular formula is C11H6BrCl3S. The van der Waals surface area contributed by atoms with E-state index >= 15 is 0 Å². The first-order valence-electron chi connectivity index (χ1n) is 4.42. The zero-order chi connectivity index (χ0) is 11.7. The number of thiophene rings is 1. The molecule has 16 heavy (non-hydrogen) atoms. The van der Waals surface area contributed by atoms with Crippen LogP contribution in [0, 0.1) is 0 Å². The maximum atomic E-state index is 6.13. The Bertz CT molecular complexity index is 510. The Hall–Kier alpha value is 0.270. The van der Waals surface area contributed by atoms with Crippen molar-refractivity contribution in [3.8, 4) is 0 Å². The lowest BCUT2D eigenvalue weighted by atomic mass is 10.1. The van der Waals surface area contributed by atoms with Crippen LogP contribution >= 0.6 is 62.1 Å². The van der Waals surface area contributed by atoms with Gasteiger partial charge in [0.15, 0.2) is 0 Å². The molecule has 1 atom stereocenters. The molecule has 1 aromatic carbocycles. The minimum Gasteiger partial charge on any atom is -0.127 e. The van der Waals surface area contributed by atoms with Crippen molar-refractivity contribution in [3.05, 3.63) is 55.2 Å². The number of rotatable bonds is 2. The average molecular weight is 356 g/mol. The average Bonchev–Trinajstić information content (AvgIpc) is 2.67. The highest BCUT2D eigenvalue weighted by molar-refractivity contribution is 9.09. The second kappa shape index (κ2) is 5.28. The molecule has 0 aliphatic carbocycles. The zero-order valence-electron chi connectivity index (χ0n) is 7.88. The maximum absolute atomic E-state index is 6.13. The lowest BCUT2D eigenvalue weighted by Crippen LogP contribution is -1.90. The van der Waals surface area contributed by atoms with Gasteiger partial charge < -0.3 is 0 Å². The van der Waals surface area contributed by atoms with Crippen LogP contribution in [0.1, 0.15) is 15.3 Å². The molecule has 0 amide bonds. The first-order valence-corrected chi connectivity index (χ1v) is 7.29. The number of benzene rings is 1. The van der Waals surface area contributed by atoms with Gasteiger partial charge in [-0.3, -0.25) is 0 Å². The summed E-state index contributed by atoms with van der Waals surface area (Å²) in [6.45, 7) is 0. The second-order valence-corrected chi connectivity index (χ2v) is 6.68. The topological polar surface area (TPSA) is 0 Å². The standard InChI is InChI=1S/C11H6BrCl3S/c12-11(9-3-4-10(15)16-9)7-5-6(13)1-2-8(7)14/h1-5,11H. The minimum atomic E-state index is 0.0243. The van der Waals surface area contributed by atoms with Gasteiger partial charge in [-0.05, 0) is 35.9 Å². The molecule has 0 fully saturated rings. The number of halogens is 4. The molecule has 0 radical (unpaired) electrons. The Morgan fingerprint density at radius 1 is 1.06 bits per heavy atom. The summed E-state index contributed by atoms with van der Waals surface area (Å²) in [6.07, 6.45) is 0. The molecule has 2 aromatic rings. The van der Waals surface area contributed by atoms with Gasteiger partial charge in [0.1, 0.15) is 0 Å². The summed E-state index contributed by atoms with van der Waals surface area (Å²) in [5.41, 5.74) is 0.952. The zero-order valence-corrected chi connectivity index (χ0v) is 12.6. The molecule has 0 saturated carbocycles. The predicted molar refractivity (Wildman–Crippen MR) is 76.6 cm³/mol. The van der Waals surface area contributed by atoms with Crippen LogP contribution in [0.25, 0.3) is 0 Å². The van der Waals surface area contributed by atoms with Crippen molar-refractivity contribution in [2.45, 2.75) is 4.83 Å². The summed E-state index contributed by atoms with van der Waals surface area (Å²) < 4.78 is 0.762. The quantitative estimate of drug-likeness (QED) is 0.563. The molecule has 1 heterocycles. The lowest BCUT2D eigenvalue weighted by molar-refractivity contribution is 1.23. The maximum Gasteiger partial charge on any atom is 0.0931 e. The Kier molecular flexibility index (Phi) is 4.20. The summed E-state index contributed by atoms with van der Waals surface area (Å²) in [4.78, 5) is 1.13. The molecule has 5 heteroatoms. The van der Waals surface area contributed by atoms with Crippen LogP contribution in [-0.2, 0) is 0 Å². The Balaban J connectivity index is 2.40. The van der Waals surface area contributed by atoms with Gasteiger partial charge >= 0.3 is 0 Å². The van der Waals surface area contributed by atoms with Gasteiger partial charge in [0.05, 0.1) is 9.16 Å². The fourth-order valence-electron chi connectivity index (χ4n) is 1.33.